The summed E-state index contributed by atoms with van der Waals surface area (Å²) in [5.74, 6) is 0. The van der Waals surface area contributed by atoms with Gasteiger partial charge in [-0.1, -0.05) is 17.7 Å². The van der Waals surface area contributed by atoms with Crippen LogP contribution in [0.3, 0.4) is 0 Å². The molecule has 2 saturated heterocycles. The first-order valence-electron chi connectivity index (χ1n) is 7.51. The van der Waals surface area contributed by atoms with Crippen molar-refractivity contribution < 1.29 is 8.42 Å². The number of benzene rings is 1. The van der Waals surface area contributed by atoms with Crippen LogP contribution < -0.4 is 5.32 Å². The van der Waals surface area contributed by atoms with Gasteiger partial charge in [-0.05, 0) is 56.8 Å². The van der Waals surface area contributed by atoms with E-state index in [1.54, 1.807) is 22.5 Å². The monoisotopic (exact) mass is 328 g/mol. The lowest BCUT2D eigenvalue weighted by molar-refractivity contribution is 0.322. The number of halogens is 1. The van der Waals surface area contributed by atoms with Crippen LogP contribution in [0.2, 0.25) is 5.02 Å². The van der Waals surface area contributed by atoms with Gasteiger partial charge in [-0.2, -0.15) is 4.31 Å². The van der Waals surface area contributed by atoms with Crippen molar-refractivity contribution in [2.24, 2.45) is 0 Å². The fourth-order valence-corrected chi connectivity index (χ4v) is 5.75. The van der Waals surface area contributed by atoms with Gasteiger partial charge in [0.25, 0.3) is 0 Å². The third kappa shape index (κ3) is 2.84. The summed E-state index contributed by atoms with van der Waals surface area (Å²) in [5.41, 5.74) is 0.967. The van der Waals surface area contributed by atoms with Crippen molar-refractivity contribution in [3.63, 3.8) is 0 Å². The molecule has 6 heteroatoms. The van der Waals surface area contributed by atoms with Gasteiger partial charge < -0.3 is 5.32 Å². The van der Waals surface area contributed by atoms with Crippen molar-refractivity contribution in [1.29, 1.82) is 0 Å². The first kappa shape index (κ1) is 15.3. The Labute approximate surface area is 131 Å². The molecule has 2 aliphatic heterocycles. The van der Waals surface area contributed by atoms with Gasteiger partial charge in [-0.15, -0.1) is 0 Å². The Hall–Kier alpha value is -0.620. The van der Waals surface area contributed by atoms with Gasteiger partial charge in [0.1, 0.15) is 4.90 Å². The number of aryl methyl sites for hydroxylation is 1. The minimum atomic E-state index is -3.51. The number of rotatable bonds is 3. The summed E-state index contributed by atoms with van der Waals surface area (Å²) in [5, 5.41) is 3.76. The van der Waals surface area contributed by atoms with Gasteiger partial charge >= 0.3 is 0 Å². The van der Waals surface area contributed by atoms with E-state index < -0.39 is 10.0 Å². The van der Waals surface area contributed by atoms with E-state index in [1.807, 2.05) is 6.92 Å². The van der Waals surface area contributed by atoms with E-state index in [0.29, 0.717) is 11.6 Å². The molecule has 2 fully saturated rings. The summed E-state index contributed by atoms with van der Waals surface area (Å²) in [6.45, 7) is 3.49. The first-order chi connectivity index (χ1) is 10.00. The average Bonchev–Trinajstić information content (AvgIpc) is 3.09. The van der Waals surface area contributed by atoms with Crippen molar-refractivity contribution in [2.75, 3.05) is 13.1 Å². The minimum absolute atomic E-state index is 0.0647. The second-order valence-corrected chi connectivity index (χ2v) is 8.23. The van der Waals surface area contributed by atoms with Gasteiger partial charge in [0.05, 0.1) is 5.02 Å². The lowest BCUT2D eigenvalue weighted by Gasteiger charge is -2.29. The van der Waals surface area contributed by atoms with E-state index in [9.17, 15) is 8.42 Å². The average molecular weight is 329 g/mol. The smallest absolute Gasteiger partial charge is 0.244 e. The van der Waals surface area contributed by atoms with E-state index in [4.69, 9.17) is 11.6 Å². The zero-order valence-electron chi connectivity index (χ0n) is 12.2. The second kappa shape index (κ2) is 5.88. The maximum Gasteiger partial charge on any atom is 0.244 e. The number of hydrogen-bond acceptors (Lipinski definition) is 3. The standard InChI is InChI=1S/C15H21ClN2O2S/c1-11-6-7-15(12(16)10-11)21(19,20)18-9-3-5-14(18)13-4-2-8-17-13/h6-7,10,13-14,17H,2-5,8-9H2,1H3. The Balaban J connectivity index is 1.93. The lowest BCUT2D eigenvalue weighted by atomic mass is 10.1. The molecule has 0 saturated carbocycles. The molecule has 0 bridgehead atoms. The van der Waals surface area contributed by atoms with Crippen LogP contribution in [-0.2, 0) is 10.0 Å². The molecule has 4 nitrogen and oxygen atoms in total. The number of hydrogen-bond donors (Lipinski definition) is 1. The van der Waals surface area contributed by atoms with Crippen molar-refractivity contribution in [1.82, 2.24) is 9.62 Å². The fraction of sp³-hybridized carbons (Fsp3) is 0.600. The van der Waals surface area contributed by atoms with Crippen LogP contribution in [0.4, 0.5) is 0 Å². The van der Waals surface area contributed by atoms with Gasteiger partial charge in [0, 0.05) is 18.6 Å². The number of sulfonamides is 1. The Morgan fingerprint density at radius 2 is 2.10 bits per heavy atom. The third-order valence-corrected chi connectivity index (χ3v) is 6.89. The highest BCUT2D eigenvalue weighted by Gasteiger charge is 2.40. The third-order valence-electron chi connectivity index (χ3n) is 4.49. The highest BCUT2D eigenvalue weighted by atomic mass is 35.5. The zero-order valence-corrected chi connectivity index (χ0v) is 13.8. The van der Waals surface area contributed by atoms with E-state index in [2.05, 4.69) is 5.32 Å². The van der Waals surface area contributed by atoms with Gasteiger partial charge in [0.15, 0.2) is 0 Å². The first-order valence-corrected chi connectivity index (χ1v) is 9.33. The summed E-state index contributed by atoms with van der Waals surface area (Å²) in [6, 6.07) is 5.50. The normalized spacial score (nSPS) is 27.3. The molecule has 2 unspecified atom stereocenters. The Morgan fingerprint density at radius 3 is 2.76 bits per heavy atom. The molecule has 116 valence electrons. The molecule has 3 rings (SSSR count). The molecular weight excluding hydrogens is 308 g/mol. The zero-order chi connectivity index (χ0) is 15.0. The van der Waals surface area contributed by atoms with Crippen LogP contribution in [0.1, 0.15) is 31.2 Å². The molecule has 1 aromatic rings. The lowest BCUT2D eigenvalue weighted by Crippen LogP contribution is -2.46. The van der Waals surface area contributed by atoms with Crippen LogP contribution in [0, 0.1) is 6.92 Å². The van der Waals surface area contributed by atoms with Gasteiger partial charge in [0.2, 0.25) is 10.0 Å². The molecule has 0 radical (unpaired) electrons. The Bertz CT molecular complexity index is 627. The van der Waals surface area contributed by atoms with E-state index in [1.165, 1.54) is 0 Å². The van der Waals surface area contributed by atoms with Crippen LogP contribution in [-0.4, -0.2) is 37.9 Å². The minimum Gasteiger partial charge on any atom is -0.312 e. The molecule has 0 aromatic heterocycles. The largest absolute Gasteiger partial charge is 0.312 e. The number of nitrogens with zero attached hydrogens (tertiary/aromatic N) is 1. The molecule has 0 spiro atoms. The summed E-state index contributed by atoms with van der Waals surface area (Å²) in [4.78, 5) is 0.236. The molecule has 1 N–H and O–H groups in total. The molecule has 2 heterocycles. The highest BCUT2D eigenvalue weighted by molar-refractivity contribution is 7.89. The molecule has 21 heavy (non-hydrogen) atoms. The number of nitrogens with one attached hydrogen (secondary N) is 1. The van der Waals surface area contributed by atoms with Crippen molar-refractivity contribution in [2.45, 2.75) is 49.6 Å². The predicted octanol–water partition coefficient (Wildman–Crippen LogP) is 2.55. The van der Waals surface area contributed by atoms with Crippen LogP contribution >= 0.6 is 11.6 Å². The molecule has 1 aromatic carbocycles. The highest BCUT2D eigenvalue weighted by Crippen LogP contribution is 2.33. The Morgan fingerprint density at radius 1 is 1.29 bits per heavy atom. The van der Waals surface area contributed by atoms with E-state index >= 15 is 0 Å². The van der Waals surface area contributed by atoms with Crippen molar-refractivity contribution in [3.8, 4) is 0 Å². The summed E-state index contributed by atoms with van der Waals surface area (Å²) in [7, 11) is -3.51. The summed E-state index contributed by atoms with van der Waals surface area (Å²) >= 11 is 6.18. The maximum atomic E-state index is 12.9. The van der Waals surface area contributed by atoms with Gasteiger partial charge in [-0.25, -0.2) is 8.42 Å². The van der Waals surface area contributed by atoms with Crippen LogP contribution in [0.5, 0.6) is 0 Å². The SMILES string of the molecule is Cc1ccc(S(=O)(=O)N2CCCC2C2CCCN2)c(Cl)c1. The topological polar surface area (TPSA) is 49.4 Å². The second-order valence-electron chi connectivity index (χ2n) is 5.96. The van der Waals surface area contributed by atoms with E-state index in [0.717, 1.165) is 37.8 Å². The molecular formula is C15H21ClN2O2S. The molecule has 2 atom stereocenters. The van der Waals surface area contributed by atoms with E-state index in [-0.39, 0.29) is 17.0 Å². The maximum absolute atomic E-state index is 12.9. The van der Waals surface area contributed by atoms with Crippen LogP contribution in [0.15, 0.2) is 23.1 Å². The fourth-order valence-electron chi connectivity index (χ4n) is 3.45. The van der Waals surface area contributed by atoms with Crippen molar-refractivity contribution >= 4 is 21.6 Å². The summed E-state index contributed by atoms with van der Waals surface area (Å²) < 4.78 is 27.6. The molecule has 0 aliphatic carbocycles. The Kier molecular flexibility index (Phi) is 4.28. The molecule has 2 aliphatic rings. The quantitative estimate of drug-likeness (QED) is 0.927. The predicted molar refractivity (Wildman–Crippen MR) is 84.1 cm³/mol. The molecule has 0 amide bonds. The van der Waals surface area contributed by atoms with Gasteiger partial charge in [-0.3, -0.25) is 0 Å². The van der Waals surface area contributed by atoms with Crippen molar-refractivity contribution in [3.05, 3.63) is 28.8 Å². The van der Waals surface area contributed by atoms with Crippen LogP contribution in [0.25, 0.3) is 0 Å². The summed E-state index contributed by atoms with van der Waals surface area (Å²) in [6.07, 6.45) is 4.03.